The molecule has 0 fully saturated rings. The molecular weight excluding hydrogens is 247 g/mol. The fourth-order valence-corrected chi connectivity index (χ4v) is 1.46. The van der Waals surface area contributed by atoms with Crippen molar-refractivity contribution in [2.75, 3.05) is 7.11 Å². The highest BCUT2D eigenvalue weighted by Crippen LogP contribution is 2.35. The fourth-order valence-electron chi connectivity index (χ4n) is 1.19. The van der Waals surface area contributed by atoms with Crippen LogP contribution in [0.5, 0.6) is 11.5 Å². The molecular formula is C9H9ClF3NO2. The Balaban J connectivity index is 3.16. The first-order chi connectivity index (χ1) is 7.39. The van der Waals surface area contributed by atoms with Crippen LogP contribution in [0.3, 0.4) is 0 Å². The van der Waals surface area contributed by atoms with E-state index in [1.807, 2.05) is 0 Å². The number of aromatic nitrogens is 1. The first-order valence-corrected chi connectivity index (χ1v) is 4.76. The summed E-state index contributed by atoms with van der Waals surface area (Å²) < 4.78 is 44.7. The Morgan fingerprint density at radius 2 is 2.06 bits per heavy atom. The van der Waals surface area contributed by atoms with Gasteiger partial charge in [0.05, 0.1) is 24.9 Å². The van der Waals surface area contributed by atoms with Gasteiger partial charge in [0.1, 0.15) is 0 Å². The molecule has 0 aromatic carbocycles. The van der Waals surface area contributed by atoms with E-state index in [1.165, 1.54) is 7.11 Å². The van der Waals surface area contributed by atoms with Gasteiger partial charge in [0, 0.05) is 5.56 Å². The Morgan fingerprint density at radius 1 is 1.44 bits per heavy atom. The van der Waals surface area contributed by atoms with E-state index in [9.17, 15) is 13.2 Å². The van der Waals surface area contributed by atoms with Gasteiger partial charge < -0.3 is 9.47 Å². The van der Waals surface area contributed by atoms with E-state index in [1.54, 1.807) is 6.92 Å². The number of hydrogen-bond donors (Lipinski definition) is 0. The summed E-state index contributed by atoms with van der Waals surface area (Å²) in [5.41, 5.74) is 0.882. The smallest absolute Gasteiger partial charge is 0.492 e. The topological polar surface area (TPSA) is 31.4 Å². The summed E-state index contributed by atoms with van der Waals surface area (Å²) in [5, 5.41) is 0. The molecule has 1 rings (SSSR count). The molecule has 3 nitrogen and oxygen atoms in total. The third kappa shape index (κ3) is 2.91. The first-order valence-electron chi connectivity index (χ1n) is 4.23. The molecule has 0 aliphatic heterocycles. The Hall–Kier alpha value is -1.17. The molecule has 0 spiro atoms. The van der Waals surface area contributed by atoms with Crippen LogP contribution in [0.15, 0.2) is 6.20 Å². The fraction of sp³-hybridized carbons (Fsp3) is 0.444. The molecule has 0 unspecified atom stereocenters. The van der Waals surface area contributed by atoms with Crippen LogP contribution in [0.25, 0.3) is 0 Å². The third-order valence-electron chi connectivity index (χ3n) is 1.89. The van der Waals surface area contributed by atoms with E-state index in [0.717, 1.165) is 6.20 Å². The van der Waals surface area contributed by atoms with Crippen molar-refractivity contribution in [3.8, 4) is 11.5 Å². The van der Waals surface area contributed by atoms with Gasteiger partial charge in [-0.2, -0.15) is 0 Å². The molecule has 0 saturated heterocycles. The minimum Gasteiger partial charge on any atom is -0.492 e. The van der Waals surface area contributed by atoms with Gasteiger partial charge in [-0.25, -0.2) is 0 Å². The number of hydrogen-bond acceptors (Lipinski definition) is 3. The number of nitrogens with zero attached hydrogens (tertiary/aromatic N) is 1. The number of alkyl halides is 4. The predicted octanol–water partition coefficient (Wildman–Crippen LogP) is 3.04. The van der Waals surface area contributed by atoms with Crippen molar-refractivity contribution in [1.29, 1.82) is 0 Å². The molecule has 16 heavy (non-hydrogen) atoms. The lowest BCUT2D eigenvalue weighted by Gasteiger charge is -2.15. The molecule has 0 aliphatic rings. The minimum absolute atomic E-state index is 0.0111. The van der Waals surface area contributed by atoms with Gasteiger partial charge in [-0.3, -0.25) is 4.98 Å². The van der Waals surface area contributed by atoms with Crippen molar-refractivity contribution in [3.05, 3.63) is 17.5 Å². The second-order valence-electron chi connectivity index (χ2n) is 2.91. The van der Waals surface area contributed by atoms with Crippen LogP contribution in [-0.4, -0.2) is 18.5 Å². The van der Waals surface area contributed by atoms with Gasteiger partial charge in [-0.05, 0) is 6.92 Å². The zero-order valence-electron chi connectivity index (χ0n) is 8.56. The molecule has 1 aromatic heterocycles. The van der Waals surface area contributed by atoms with Crippen LogP contribution in [0, 0.1) is 6.92 Å². The van der Waals surface area contributed by atoms with E-state index in [4.69, 9.17) is 16.3 Å². The van der Waals surface area contributed by atoms with E-state index in [0.29, 0.717) is 11.3 Å². The van der Waals surface area contributed by atoms with Gasteiger partial charge in [-0.1, -0.05) is 0 Å². The van der Waals surface area contributed by atoms with Gasteiger partial charge >= 0.3 is 6.36 Å². The number of methoxy groups -OCH3 is 1. The van der Waals surface area contributed by atoms with E-state index >= 15 is 0 Å². The maximum absolute atomic E-state index is 12.0. The lowest BCUT2D eigenvalue weighted by atomic mass is 10.2. The van der Waals surface area contributed by atoms with Crippen molar-refractivity contribution >= 4 is 11.6 Å². The van der Waals surface area contributed by atoms with E-state index in [-0.39, 0.29) is 11.6 Å². The summed E-state index contributed by atoms with van der Waals surface area (Å²) >= 11 is 5.57. The molecule has 0 radical (unpaired) electrons. The van der Waals surface area contributed by atoms with Crippen LogP contribution in [0.4, 0.5) is 13.2 Å². The van der Waals surface area contributed by atoms with Crippen LogP contribution < -0.4 is 9.47 Å². The Bertz CT molecular complexity index is 382. The van der Waals surface area contributed by atoms with Crippen LogP contribution >= 0.6 is 11.6 Å². The van der Waals surface area contributed by atoms with Crippen LogP contribution in [0.1, 0.15) is 11.3 Å². The Labute approximate surface area is 95.1 Å². The summed E-state index contributed by atoms with van der Waals surface area (Å²) in [6, 6.07) is 0. The molecule has 0 saturated carbocycles. The van der Waals surface area contributed by atoms with Gasteiger partial charge in [0.15, 0.2) is 11.5 Å². The summed E-state index contributed by atoms with van der Waals surface area (Å²) in [4.78, 5) is 3.75. The number of pyridine rings is 1. The Morgan fingerprint density at radius 3 is 2.50 bits per heavy atom. The lowest BCUT2D eigenvalue weighted by molar-refractivity contribution is -0.275. The van der Waals surface area contributed by atoms with Crippen molar-refractivity contribution < 1.29 is 22.6 Å². The molecule has 1 aromatic rings. The standard InChI is InChI=1S/C9H9ClF3NO2/c1-5-6(3-10)14-4-7(8(5)15-2)16-9(11,12)13/h4H,3H2,1-2H3. The molecule has 90 valence electrons. The SMILES string of the molecule is COc1c(OC(F)(F)F)cnc(CCl)c1C. The highest BCUT2D eigenvalue weighted by atomic mass is 35.5. The predicted molar refractivity (Wildman–Crippen MR) is 51.8 cm³/mol. The molecule has 1 heterocycles. The Kier molecular flexibility index (Phi) is 3.85. The largest absolute Gasteiger partial charge is 0.573 e. The molecule has 7 heteroatoms. The van der Waals surface area contributed by atoms with Gasteiger partial charge in [-0.15, -0.1) is 24.8 Å². The zero-order valence-corrected chi connectivity index (χ0v) is 9.32. The minimum atomic E-state index is -4.77. The van der Waals surface area contributed by atoms with Crippen molar-refractivity contribution in [2.45, 2.75) is 19.2 Å². The van der Waals surface area contributed by atoms with Crippen molar-refractivity contribution in [3.63, 3.8) is 0 Å². The molecule has 0 bridgehead atoms. The number of halogens is 4. The summed E-state index contributed by atoms with van der Waals surface area (Å²) in [6.45, 7) is 1.56. The van der Waals surface area contributed by atoms with Crippen LogP contribution in [0.2, 0.25) is 0 Å². The van der Waals surface area contributed by atoms with Crippen molar-refractivity contribution in [2.24, 2.45) is 0 Å². The maximum atomic E-state index is 12.0. The number of rotatable bonds is 3. The monoisotopic (exact) mass is 255 g/mol. The van der Waals surface area contributed by atoms with E-state index in [2.05, 4.69) is 9.72 Å². The van der Waals surface area contributed by atoms with Gasteiger partial charge in [0.2, 0.25) is 0 Å². The third-order valence-corrected chi connectivity index (χ3v) is 2.14. The summed E-state index contributed by atoms with van der Waals surface area (Å²) in [7, 11) is 1.25. The number of ether oxygens (including phenoxy) is 2. The lowest BCUT2D eigenvalue weighted by Crippen LogP contribution is -2.18. The highest BCUT2D eigenvalue weighted by Gasteiger charge is 2.33. The molecule has 0 aliphatic carbocycles. The average molecular weight is 256 g/mol. The summed E-state index contributed by atoms with van der Waals surface area (Å²) in [6.07, 6.45) is -3.83. The zero-order chi connectivity index (χ0) is 12.3. The average Bonchev–Trinajstić information content (AvgIpc) is 2.16. The maximum Gasteiger partial charge on any atom is 0.573 e. The molecule has 0 atom stereocenters. The first kappa shape index (κ1) is 12.9. The second-order valence-corrected chi connectivity index (χ2v) is 3.18. The normalized spacial score (nSPS) is 11.4. The quantitative estimate of drug-likeness (QED) is 0.778. The van der Waals surface area contributed by atoms with Gasteiger partial charge in [0.25, 0.3) is 0 Å². The second kappa shape index (κ2) is 4.78. The molecule has 0 amide bonds. The highest BCUT2D eigenvalue weighted by molar-refractivity contribution is 6.17. The summed E-state index contributed by atoms with van der Waals surface area (Å²) in [5.74, 6) is -0.390. The van der Waals surface area contributed by atoms with Crippen LogP contribution in [-0.2, 0) is 5.88 Å². The molecule has 0 N–H and O–H groups in total. The van der Waals surface area contributed by atoms with E-state index < -0.39 is 12.1 Å². The van der Waals surface area contributed by atoms with Crippen molar-refractivity contribution in [1.82, 2.24) is 4.98 Å².